The van der Waals surface area contributed by atoms with Crippen LogP contribution in [-0.4, -0.2) is 19.3 Å². The quantitative estimate of drug-likeness (QED) is 0.869. The lowest BCUT2D eigenvalue weighted by atomic mass is 10.2. The van der Waals surface area contributed by atoms with Gasteiger partial charge in [-0.05, 0) is 24.1 Å². The molecular weight excluding hydrogens is 257 g/mol. The van der Waals surface area contributed by atoms with Crippen LogP contribution in [0.3, 0.4) is 0 Å². The number of aromatic amines is 1. The number of nitrogens with zero attached hydrogens (tertiary/aromatic N) is 2. The molecule has 17 heavy (non-hydrogen) atoms. The molecule has 1 N–H and O–H groups in total. The van der Waals surface area contributed by atoms with E-state index in [1.165, 1.54) is 5.56 Å². The number of nitrogens with one attached hydrogen (secondary N) is 1. The molecule has 2 aromatic rings. The highest BCUT2D eigenvalue weighted by Crippen LogP contribution is 2.58. The molecule has 0 aromatic carbocycles. The zero-order valence-corrected chi connectivity index (χ0v) is 10.5. The van der Waals surface area contributed by atoms with Gasteiger partial charge < -0.3 is 4.98 Å². The summed E-state index contributed by atoms with van der Waals surface area (Å²) in [5, 5.41) is 0. The van der Waals surface area contributed by atoms with E-state index in [-0.39, 0.29) is 5.92 Å². The van der Waals surface area contributed by atoms with E-state index >= 15 is 0 Å². The summed E-state index contributed by atoms with van der Waals surface area (Å²) < 4.78 is -0.619. The zero-order valence-electron chi connectivity index (χ0n) is 9.03. The van der Waals surface area contributed by atoms with Crippen molar-refractivity contribution < 1.29 is 0 Å². The van der Waals surface area contributed by atoms with Crippen LogP contribution in [0.2, 0.25) is 0 Å². The molecular formula is C12H11Cl2N3. The fourth-order valence-corrected chi connectivity index (χ4v) is 2.38. The first kappa shape index (κ1) is 11.1. The lowest BCUT2D eigenvalue weighted by molar-refractivity contribution is 0.947. The zero-order chi connectivity index (χ0) is 11.9. The first-order chi connectivity index (χ1) is 8.15. The summed E-state index contributed by atoms with van der Waals surface area (Å²) >= 11 is 12.0. The molecule has 0 saturated heterocycles. The Morgan fingerprint density at radius 3 is 2.71 bits per heavy atom. The first-order valence-electron chi connectivity index (χ1n) is 5.46. The molecule has 2 aromatic heterocycles. The van der Waals surface area contributed by atoms with E-state index < -0.39 is 4.33 Å². The molecule has 0 bridgehead atoms. The second kappa shape index (κ2) is 4.00. The summed E-state index contributed by atoms with van der Waals surface area (Å²) in [6.45, 7) is 0. The van der Waals surface area contributed by atoms with Crippen molar-refractivity contribution in [3.8, 4) is 0 Å². The number of hydrogen-bond donors (Lipinski definition) is 1. The van der Waals surface area contributed by atoms with Gasteiger partial charge in [0.2, 0.25) is 0 Å². The molecule has 1 unspecified atom stereocenters. The van der Waals surface area contributed by atoms with Crippen molar-refractivity contribution >= 4 is 23.2 Å². The molecule has 3 rings (SSSR count). The van der Waals surface area contributed by atoms with Gasteiger partial charge in [-0.2, -0.15) is 0 Å². The van der Waals surface area contributed by atoms with Gasteiger partial charge >= 0.3 is 0 Å². The van der Waals surface area contributed by atoms with Crippen molar-refractivity contribution in [2.75, 3.05) is 0 Å². The Kier molecular flexibility index (Phi) is 2.60. The number of pyridine rings is 1. The van der Waals surface area contributed by atoms with Crippen molar-refractivity contribution in [2.24, 2.45) is 0 Å². The monoisotopic (exact) mass is 267 g/mol. The third kappa shape index (κ3) is 2.31. The molecule has 0 spiro atoms. The van der Waals surface area contributed by atoms with Gasteiger partial charge in [-0.3, -0.25) is 4.98 Å². The van der Waals surface area contributed by atoms with Gasteiger partial charge in [-0.15, -0.1) is 23.2 Å². The number of alkyl halides is 2. The summed E-state index contributed by atoms with van der Waals surface area (Å²) in [7, 11) is 0. The standard InChI is InChI=1S/C12H11Cl2N3/c13-12(14)6-10(12)11-16-7-9(17-11)5-8-1-3-15-4-2-8/h1-4,7,10H,5-6H2,(H,16,17). The van der Waals surface area contributed by atoms with Crippen molar-refractivity contribution in [1.82, 2.24) is 15.0 Å². The number of H-pyrrole nitrogens is 1. The number of aromatic nitrogens is 3. The summed E-state index contributed by atoms with van der Waals surface area (Å²) in [5.41, 5.74) is 2.19. The predicted octanol–water partition coefficient (Wildman–Crippen LogP) is 3.06. The van der Waals surface area contributed by atoms with E-state index in [0.29, 0.717) is 0 Å². The summed E-state index contributed by atoms with van der Waals surface area (Å²) in [4.78, 5) is 11.7. The van der Waals surface area contributed by atoms with Crippen LogP contribution in [0.1, 0.15) is 29.4 Å². The second-order valence-electron chi connectivity index (χ2n) is 4.33. The molecule has 1 aliphatic carbocycles. The number of halogens is 2. The van der Waals surface area contributed by atoms with Crippen LogP contribution in [0, 0.1) is 0 Å². The van der Waals surface area contributed by atoms with Gasteiger partial charge in [-0.25, -0.2) is 4.98 Å². The van der Waals surface area contributed by atoms with Crippen LogP contribution in [0.15, 0.2) is 30.7 Å². The average Bonchev–Trinajstić information content (AvgIpc) is 2.74. The topological polar surface area (TPSA) is 41.6 Å². The summed E-state index contributed by atoms with van der Waals surface area (Å²) in [6.07, 6.45) is 7.05. The molecule has 3 nitrogen and oxygen atoms in total. The Hall–Kier alpha value is -1.06. The van der Waals surface area contributed by atoms with Gasteiger partial charge in [0.25, 0.3) is 0 Å². The fraction of sp³-hybridized carbons (Fsp3) is 0.333. The van der Waals surface area contributed by atoms with Crippen LogP contribution in [0.5, 0.6) is 0 Å². The van der Waals surface area contributed by atoms with Gasteiger partial charge in [0, 0.05) is 25.0 Å². The minimum absolute atomic E-state index is 0.150. The highest BCUT2D eigenvalue weighted by atomic mass is 35.5. The maximum absolute atomic E-state index is 6.01. The molecule has 0 aliphatic heterocycles. The Bertz CT molecular complexity index is 522. The van der Waals surface area contributed by atoms with E-state index in [4.69, 9.17) is 23.2 Å². The molecule has 5 heteroatoms. The molecule has 88 valence electrons. The van der Waals surface area contributed by atoms with Crippen molar-refractivity contribution in [1.29, 1.82) is 0 Å². The number of imidazole rings is 1. The van der Waals surface area contributed by atoms with Crippen LogP contribution >= 0.6 is 23.2 Å². The lowest BCUT2D eigenvalue weighted by Gasteiger charge is -1.96. The van der Waals surface area contributed by atoms with E-state index in [1.807, 2.05) is 18.3 Å². The lowest BCUT2D eigenvalue weighted by Crippen LogP contribution is -1.93. The van der Waals surface area contributed by atoms with E-state index in [1.54, 1.807) is 12.4 Å². The normalized spacial score (nSPS) is 21.4. The Labute approximate surface area is 109 Å². The molecule has 0 amide bonds. The maximum atomic E-state index is 6.01. The smallest absolute Gasteiger partial charge is 0.129 e. The minimum atomic E-state index is -0.619. The van der Waals surface area contributed by atoms with Crippen molar-refractivity contribution in [3.05, 3.63) is 47.8 Å². The third-order valence-corrected chi connectivity index (χ3v) is 3.78. The molecule has 0 radical (unpaired) electrons. The SMILES string of the molecule is ClC1(Cl)CC1c1nc(Cc2ccncc2)c[nH]1. The van der Waals surface area contributed by atoms with Crippen LogP contribution in [-0.2, 0) is 6.42 Å². The Morgan fingerprint density at radius 1 is 1.35 bits per heavy atom. The van der Waals surface area contributed by atoms with Gasteiger partial charge in [0.05, 0.1) is 11.6 Å². The van der Waals surface area contributed by atoms with Gasteiger partial charge in [0.1, 0.15) is 10.2 Å². The highest BCUT2D eigenvalue weighted by Gasteiger charge is 2.54. The maximum Gasteiger partial charge on any atom is 0.129 e. The van der Waals surface area contributed by atoms with Crippen molar-refractivity contribution in [2.45, 2.75) is 23.1 Å². The largest absolute Gasteiger partial charge is 0.348 e. The average molecular weight is 268 g/mol. The molecule has 1 aliphatic rings. The van der Waals surface area contributed by atoms with Crippen LogP contribution in [0.4, 0.5) is 0 Å². The number of hydrogen-bond acceptors (Lipinski definition) is 2. The van der Waals surface area contributed by atoms with Gasteiger partial charge in [-0.1, -0.05) is 0 Å². The Morgan fingerprint density at radius 2 is 2.06 bits per heavy atom. The van der Waals surface area contributed by atoms with Gasteiger partial charge in [0.15, 0.2) is 0 Å². The molecule has 1 saturated carbocycles. The van der Waals surface area contributed by atoms with E-state index in [2.05, 4.69) is 15.0 Å². The molecule has 2 heterocycles. The van der Waals surface area contributed by atoms with E-state index in [0.717, 1.165) is 24.4 Å². The fourth-order valence-electron chi connectivity index (χ4n) is 1.87. The Balaban J connectivity index is 1.74. The molecule has 1 fully saturated rings. The summed E-state index contributed by atoms with van der Waals surface area (Å²) in [5.74, 6) is 1.04. The van der Waals surface area contributed by atoms with Crippen molar-refractivity contribution in [3.63, 3.8) is 0 Å². The third-order valence-electron chi connectivity index (χ3n) is 2.94. The summed E-state index contributed by atoms with van der Waals surface area (Å²) in [6, 6.07) is 3.97. The van der Waals surface area contributed by atoms with E-state index in [9.17, 15) is 0 Å². The highest BCUT2D eigenvalue weighted by molar-refractivity contribution is 6.51. The first-order valence-corrected chi connectivity index (χ1v) is 6.22. The second-order valence-corrected chi connectivity index (χ2v) is 5.87. The number of rotatable bonds is 3. The van der Waals surface area contributed by atoms with Crippen LogP contribution < -0.4 is 0 Å². The molecule has 1 atom stereocenters. The van der Waals surface area contributed by atoms with Crippen LogP contribution in [0.25, 0.3) is 0 Å². The minimum Gasteiger partial charge on any atom is -0.348 e. The predicted molar refractivity (Wildman–Crippen MR) is 67.4 cm³/mol.